The van der Waals surface area contributed by atoms with E-state index in [0.717, 1.165) is 19.4 Å². The van der Waals surface area contributed by atoms with Gasteiger partial charge in [-0.1, -0.05) is 0 Å². The Hall–Kier alpha value is -2.32. The van der Waals surface area contributed by atoms with Crippen molar-refractivity contribution in [3.8, 4) is 5.88 Å². The third-order valence-corrected chi connectivity index (χ3v) is 1.79. The lowest BCUT2D eigenvalue weighted by Crippen LogP contribution is -2.30. The van der Waals surface area contributed by atoms with E-state index in [2.05, 4.69) is 9.72 Å². The van der Waals surface area contributed by atoms with Gasteiger partial charge in [-0.3, -0.25) is 4.79 Å². The number of methoxy groups -OCH3 is 1. The summed E-state index contributed by atoms with van der Waals surface area (Å²) in [6.45, 7) is 0. The molecule has 0 aliphatic carbocycles. The van der Waals surface area contributed by atoms with Crippen molar-refractivity contribution >= 4 is 17.6 Å². The second kappa shape index (κ2) is 4.90. The Morgan fingerprint density at radius 3 is 2.50 bits per heavy atom. The molecule has 1 rings (SSSR count). The second-order valence-corrected chi connectivity index (χ2v) is 3.04. The van der Waals surface area contributed by atoms with Gasteiger partial charge in [-0.15, -0.1) is 0 Å². The summed E-state index contributed by atoms with van der Waals surface area (Å²) < 4.78 is 40.5. The Bertz CT molecular complexity index is 487. The van der Waals surface area contributed by atoms with Crippen molar-refractivity contribution in [2.45, 2.75) is 6.18 Å². The molecule has 0 saturated carbocycles. The van der Waals surface area contributed by atoms with Crippen molar-refractivity contribution < 1.29 is 32.6 Å². The number of pyridine rings is 1. The zero-order chi connectivity index (χ0) is 13.9. The summed E-state index contributed by atoms with van der Waals surface area (Å²) in [4.78, 5) is 24.9. The number of halogens is 3. The second-order valence-electron chi connectivity index (χ2n) is 3.04. The maximum atomic E-state index is 12.0. The average molecular weight is 264 g/mol. The van der Waals surface area contributed by atoms with Gasteiger partial charge in [0.15, 0.2) is 0 Å². The number of aromatic carboxylic acids is 1. The lowest BCUT2D eigenvalue weighted by molar-refractivity contribution is -0.167. The number of anilines is 1. The minimum atomic E-state index is -5.07. The summed E-state index contributed by atoms with van der Waals surface area (Å²) >= 11 is 0. The van der Waals surface area contributed by atoms with Crippen LogP contribution in [0.25, 0.3) is 0 Å². The monoisotopic (exact) mass is 264 g/mol. The van der Waals surface area contributed by atoms with E-state index in [0.29, 0.717) is 0 Å². The summed E-state index contributed by atoms with van der Waals surface area (Å²) in [6.07, 6.45) is -4.21. The van der Waals surface area contributed by atoms with Crippen LogP contribution in [0.2, 0.25) is 0 Å². The zero-order valence-corrected chi connectivity index (χ0v) is 8.91. The van der Waals surface area contributed by atoms with Crippen LogP contribution in [0.3, 0.4) is 0 Å². The summed E-state index contributed by atoms with van der Waals surface area (Å²) in [5.74, 6) is -3.93. The standard InChI is InChI=1S/C9H7F3N2O4/c1-18-6-5(7(15)16)2-4(3-13-6)14-8(17)9(10,11)12/h2-3H,1H3,(H,14,17)(H,15,16). The molecule has 0 radical (unpaired) electrons. The van der Waals surface area contributed by atoms with Crippen LogP contribution in [-0.2, 0) is 4.79 Å². The molecule has 0 aromatic carbocycles. The number of carboxylic acid groups (broad SMARTS) is 1. The van der Waals surface area contributed by atoms with Crippen molar-refractivity contribution in [3.63, 3.8) is 0 Å². The predicted octanol–water partition coefficient (Wildman–Crippen LogP) is 1.29. The molecule has 0 spiro atoms. The highest BCUT2D eigenvalue weighted by Gasteiger charge is 2.38. The summed E-state index contributed by atoms with van der Waals surface area (Å²) in [7, 11) is 1.16. The number of nitrogens with zero attached hydrogens (tertiary/aromatic N) is 1. The number of carbonyl (C=O) groups excluding carboxylic acids is 1. The van der Waals surface area contributed by atoms with Gasteiger partial charge in [0.1, 0.15) is 5.56 Å². The van der Waals surface area contributed by atoms with Crippen molar-refractivity contribution in [1.82, 2.24) is 4.98 Å². The van der Waals surface area contributed by atoms with Gasteiger partial charge in [-0.25, -0.2) is 9.78 Å². The van der Waals surface area contributed by atoms with Gasteiger partial charge in [0.25, 0.3) is 0 Å². The lowest BCUT2D eigenvalue weighted by Gasteiger charge is -2.09. The highest BCUT2D eigenvalue weighted by Crippen LogP contribution is 2.22. The van der Waals surface area contributed by atoms with Gasteiger partial charge >= 0.3 is 18.1 Å². The topological polar surface area (TPSA) is 88.5 Å². The van der Waals surface area contributed by atoms with Gasteiger partial charge in [0.2, 0.25) is 5.88 Å². The molecule has 1 aromatic heterocycles. The van der Waals surface area contributed by atoms with Crippen LogP contribution in [0.5, 0.6) is 5.88 Å². The van der Waals surface area contributed by atoms with E-state index < -0.39 is 29.3 Å². The Kier molecular flexibility index (Phi) is 3.74. The van der Waals surface area contributed by atoms with Crippen LogP contribution in [0, 0.1) is 0 Å². The number of amides is 1. The van der Waals surface area contributed by atoms with Crippen molar-refractivity contribution in [3.05, 3.63) is 17.8 Å². The number of hydrogen-bond donors (Lipinski definition) is 2. The molecule has 1 heterocycles. The van der Waals surface area contributed by atoms with E-state index >= 15 is 0 Å². The van der Waals surface area contributed by atoms with Gasteiger partial charge in [-0.2, -0.15) is 13.2 Å². The fourth-order valence-corrected chi connectivity index (χ4v) is 1.04. The minimum absolute atomic E-state index is 0.271. The van der Waals surface area contributed by atoms with Gasteiger partial charge < -0.3 is 15.2 Å². The van der Waals surface area contributed by atoms with Crippen molar-refractivity contribution in [1.29, 1.82) is 0 Å². The van der Waals surface area contributed by atoms with E-state index in [1.54, 1.807) is 0 Å². The highest BCUT2D eigenvalue weighted by molar-refractivity contribution is 5.97. The summed E-state index contributed by atoms with van der Waals surface area (Å²) in [5.41, 5.74) is -0.854. The number of nitrogens with one attached hydrogen (secondary N) is 1. The first-order valence-electron chi connectivity index (χ1n) is 4.41. The molecule has 0 aliphatic rings. The average Bonchev–Trinajstić information content (AvgIpc) is 2.27. The van der Waals surface area contributed by atoms with Crippen LogP contribution >= 0.6 is 0 Å². The minimum Gasteiger partial charge on any atom is -0.480 e. The maximum absolute atomic E-state index is 12.0. The van der Waals surface area contributed by atoms with E-state index in [1.165, 1.54) is 5.32 Å². The molecule has 9 heteroatoms. The normalized spacial score (nSPS) is 10.9. The first kappa shape index (κ1) is 13.7. The number of aromatic nitrogens is 1. The number of carboxylic acids is 1. The molecule has 0 fully saturated rings. The van der Waals surface area contributed by atoms with Crippen LogP contribution in [0.4, 0.5) is 18.9 Å². The number of ether oxygens (including phenoxy) is 1. The molecule has 98 valence electrons. The molecule has 0 saturated heterocycles. The SMILES string of the molecule is COc1ncc(NC(=O)C(F)(F)F)cc1C(=O)O. The van der Waals surface area contributed by atoms with Crippen molar-refractivity contribution in [2.24, 2.45) is 0 Å². The molecule has 1 amide bonds. The largest absolute Gasteiger partial charge is 0.480 e. The van der Waals surface area contributed by atoms with Crippen LogP contribution in [0.1, 0.15) is 10.4 Å². The predicted molar refractivity (Wildman–Crippen MR) is 52.4 cm³/mol. The van der Waals surface area contributed by atoms with E-state index in [1.807, 2.05) is 0 Å². The maximum Gasteiger partial charge on any atom is 0.471 e. The van der Waals surface area contributed by atoms with E-state index in [9.17, 15) is 22.8 Å². The van der Waals surface area contributed by atoms with Crippen LogP contribution in [-0.4, -0.2) is 35.3 Å². The van der Waals surface area contributed by atoms with E-state index in [4.69, 9.17) is 5.11 Å². The molecule has 0 unspecified atom stereocenters. The first-order chi connectivity index (χ1) is 8.25. The summed E-state index contributed by atoms with van der Waals surface area (Å²) in [6, 6.07) is 0.817. The van der Waals surface area contributed by atoms with Crippen LogP contribution < -0.4 is 10.1 Å². The Morgan fingerprint density at radius 1 is 1.44 bits per heavy atom. The summed E-state index contributed by atoms with van der Waals surface area (Å²) in [5, 5.41) is 10.2. The number of rotatable bonds is 3. The van der Waals surface area contributed by atoms with Gasteiger partial charge in [0, 0.05) is 0 Å². The lowest BCUT2D eigenvalue weighted by atomic mass is 10.2. The van der Waals surface area contributed by atoms with E-state index in [-0.39, 0.29) is 5.88 Å². The molecule has 18 heavy (non-hydrogen) atoms. The first-order valence-corrected chi connectivity index (χ1v) is 4.41. The molecule has 0 atom stereocenters. The Balaban J connectivity index is 3.03. The number of alkyl halides is 3. The molecular weight excluding hydrogens is 257 g/mol. The molecular formula is C9H7F3N2O4. The fourth-order valence-electron chi connectivity index (χ4n) is 1.04. The smallest absolute Gasteiger partial charge is 0.471 e. The fraction of sp³-hybridized carbons (Fsp3) is 0.222. The number of carbonyl (C=O) groups is 2. The number of hydrogen-bond acceptors (Lipinski definition) is 4. The zero-order valence-electron chi connectivity index (χ0n) is 8.91. The van der Waals surface area contributed by atoms with Gasteiger partial charge in [-0.05, 0) is 6.07 Å². The molecule has 6 nitrogen and oxygen atoms in total. The van der Waals surface area contributed by atoms with Crippen molar-refractivity contribution in [2.75, 3.05) is 12.4 Å². The molecule has 0 aliphatic heterocycles. The third-order valence-electron chi connectivity index (χ3n) is 1.79. The Morgan fingerprint density at radius 2 is 2.06 bits per heavy atom. The Labute approximate surface area is 98.4 Å². The molecule has 1 aromatic rings. The quantitative estimate of drug-likeness (QED) is 0.858. The third kappa shape index (κ3) is 3.09. The van der Waals surface area contributed by atoms with Gasteiger partial charge in [0.05, 0.1) is 19.0 Å². The molecule has 2 N–H and O–H groups in total. The molecule has 0 bridgehead atoms. The van der Waals surface area contributed by atoms with Crippen LogP contribution in [0.15, 0.2) is 12.3 Å². The highest BCUT2D eigenvalue weighted by atomic mass is 19.4.